The first-order valence-corrected chi connectivity index (χ1v) is 6.61. The van der Waals surface area contributed by atoms with Gasteiger partial charge in [0.05, 0.1) is 25.9 Å². The summed E-state index contributed by atoms with van der Waals surface area (Å²) in [5.74, 6) is 0.449. The number of carbonyl (C=O) groups is 1. The minimum Gasteiger partial charge on any atom is -0.469 e. The Balaban J connectivity index is 2.71. The fourth-order valence-electron chi connectivity index (χ4n) is 1.18. The van der Waals surface area contributed by atoms with Crippen molar-refractivity contribution in [2.75, 3.05) is 13.2 Å². The molecule has 0 aliphatic carbocycles. The Morgan fingerprint density at radius 2 is 2.00 bits per heavy atom. The summed E-state index contributed by atoms with van der Waals surface area (Å²) in [6.45, 7) is 3.65. The maximum absolute atomic E-state index is 12.0. The zero-order valence-electron chi connectivity index (χ0n) is 9.34. The van der Waals surface area contributed by atoms with E-state index in [9.17, 15) is 9.36 Å². The maximum Gasteiger partial charge on any atom is 0.397 e. The van der Waals surface area contributed by atoms with Gasteiger partial charge in [-0.1, -0.05) is 0 Å². The third-order valence-corrected chi connectivity index (χ3v) is 3.77. The lowest BCUT2D eigenvalue weighted by Gasteiger charge is -2.14. The summed E-state index contributed by atoms with van der Waals surface area (Å²) in [4.78, 5) is 11.7. The van der Waals surface area contributed by atoms with E-state index in [1.807, 2.05) is 0 Å². The maximum atomic E-state index is 12.0. The summed E-state index contributed by atoms with van der Waals surface area (Å²) in [7, 11) is -3.65. The first kappa shape index (κ1) is 13.2. The van der Waals surface area contributed by atoms with E-state index in [-0.39, 0.29) is 19.6 Å². The first-order chi connectivity index (χ1) is 7.62. The third kappa shape index (κ3) is 3.30. The van der Waals surface area contributed by atoms with Crippen LogP contribution in [0.1, 0.15) is 19.6 Å². The number of furan rings is 1. The van der Waals surface area contributed by atoms with E-state index < -0.39 is 13.1 Å². The first-order valence-electron chi connectivity index (χ1n) is 5.07. The molecule has 90 valence electrons. The number of hydrogen-bond acceptors (Lipinski definition) is 5. The second-order valence-corrected chi connectivity index (χ2v) is 4.99. The molecular formula is C10H15O5P. The molecule has 0 atom stereocenters. The second-order valence-electron chi connectivity index (χ2n) is 2.98. The van der Waals surface area contributed by atoms with Crippen LogP contribution in [0.4, 0.5) is 0 Å². The molecule has 0 aromatic carbocycles. The molecule has 1 aromatic heterocycles. The molecule has 16 heavy (non-hydrogen) atoms. The van der Waals surface area contributed by atoms with Crippen molar-refractivity contribution >= 4 is 13.1 Å². The summed E-state index contributed by atoms with van der Waals surface area (Å²) >= 11 is 0. The largest absolute Gasteiger partial charge is 0.469 e. The third-order valence-electron chi connectivity index (χ3n) is 1.81. The molecule has 1 heterocycles. The Hall–Kier alpha value is -0.900. The Bertz CT molecular complexity index is 361. The molecule has 0 radical (unpaired) electrons. The molecular weight excluding hydrogens is 231 g/mol. The Kier molecular flexibility index (Phi) is 4.93. The van der Waals surface area contributed by atoms with Crippen LogP contribution in [0.25, 0.3) is 0 Å². The Morgan fingerprint density at radius 1 is 1.38 bits per heavy atom. The average Bonchev–Trinajstić information content (AvgIpc) is 2.71. The molecule has 0 saturated carbocycles. The summed E-state index contributed by atoms with van der Waals surface area (Å²) in [5, 5.41) is 0. The second kappa shape index (κ2) is 5.99. The lowest BCUT2D eigenvalue weighted by atomic mass is 10.4. The average molecular weight is 246 g/mol. The smallest absolute Gasteiger partial charge is 0.397 e. The molecule has 5 nitrogen and oxygen atoms in total. The topological polar surface area (TPSA) is 65.7 Å². The normalized spacial score (nSPS) is 11.6. The molecule has 6 heteroatoms. The van der Waals surface area contributed by atoms with Crippen molar-refractivity contribution in [1.82, 2.24) is 0 Å². The van der Waals surface area contributed by atoms with E-state index in [1.54, 1.807) is 26.0 Å². The van der Waals surface area contributed by atoms with Gasteiger partial charge in [-0.15, -0.1) is 0 Å². The van der Waals surface area contributed by atoms with E-state index >= 15 is 0 Å². The predicted molar refractivity (Wildman–Crippen MR) is 58.3 cm³/mol. The van der Waals surface area contributed by atoms with Crippen LogP contribution in [0.3, 0.4) is 0 Å². The van der Waals surface area contributed by atoms with Gasteiger partial charge in [0.15, 0.2) is 0 Å². The van der Waals surface area contributed by atoms with Crippen LogP contribution in [0, 0.1) is 0 Å². The van der Waals surface area contributed by atoms with Gasteiger partial charge < -0.3 is 13.5 Å². The van der Waals surface area contributed by atoms with E-state index in [1.165, 1.54) is 6.26 Å². The molecule has 0 aliphatic heterocycles. The molecule has 0 unspecified atom stereocenters. The van der Waals surface area contributed by atoms with Crippen molar-refractivity contribution in [3.8, 4) is 0 Å². The van der Waals surface area contributed by atoms with Crippen molar-refractivity contribution in [3.63, 3.8) is 0 Å². The van der Waals surface area contributed by atoms with Gasteiger partial charge in [-0.25, -0.2) is 0 Å². The Morgan fingerprint density at radius 3 is 2.44 bits per heavy atom. The fraction of sp³-hybridized carbons (Fsp3) is 0.500. The minimum atomic E-state index is -3.65. The summed E-state index contributed by atoms with van der Waals surface area (Å²) in [6, 6.07) is 3.30. The lowest BCUT2D eigenvalue weighted by Crippen LogP contribution is -2.09. The van der Waals surface area contributed by atoms with Gasteiger partial charge >= 0.3 is 7.60 Å². The SMILES string of the molecule is CCOP(=O)(OCC)C(=O)Cc1ccco1. The van der Waals surface area contributed by atoms with Crippen molar-refractivity contribution in [2.24, 2.45) is 0 Å². The molecule has 0 bridgehead atoms. The van der Waals surface area contributed by atoms with Crippen molar-refractivity contribution < 1.29 is 22.8 Å². The molecule has 0 N–H and O–H groups in total. The summed E-state index contributed by atoms with van der Waals surface area (Å²) in [5.41, 5.74) is -0.578. The van der Waals surface area contributed by atoms with Crippen LogP contribution in [0.5, 0.6) is 0 Å². The van der Waals surface area contributed by atoms with Crippen LogP contribution in [0.15, 0.2) is 22.8 Å². The van der Waals surface area contributed by atoms with Crippen molar-refractivity contribution in [1.29, 1.82) is 0 Å². The van der Waals surface area contributed by atoms with Gasteiger partial charge in [0.25, 0.3) is 5.52 Å². The van der Waals surface area contributed by atoms with Gasteiger partial charge in [-0.05, 0) is 26.0 Å². The monoisotopic (exact) mass is 246 g/mol. The van der Waals surface area contributed by atoms with Crippen LogP contribution < -0.4 is 0 Å². The standard InChI is InChI=1S/C10H15O5P/c1-3-14-16(12,15-4-2)10(11)8-9-6-5-7-13-9/h5-7H,3-4,8H2,1-2H3. The van der Waals surface area contributed by atoms with Gasteiger partial charge in [0.2, 0.25) is 0 Å². The van der Waals surface area contributed by atoms with Crippen LogP contribution in [0.2, 0.25) is 0 Å². The highest BCUT2D eigenvalue weighted by atomic mass is 31.2. The van der Waals surface area contributed by atoms with Gasteiger partial charge in [0, 0.05) is 0 Å². The summed E-state index contributed by atoms with van der Waals surface area (Å²) < 4.78 is 26.9. The molecule has 1 rings (SSSR count). The highest BCUT2D eigenvalue weighted by molar-refractivity contribution is 7.71. The van der Waals surface area contributed by atoms with Gasteiger partial charge in [-0.3, -0.25) is 9.36 Å². The lowest BCUT2D eigenvalue weighted by molar-refractivity contribution is -0.113. The number of rotatable bonds is 7. The molecule has 0 amide bonds. The van der Waals surface area contributed by atoms with Crippen LogP contribution in [-0.2, 0) is 24.8 Å². The van der Waals surface area contributed by atoms with Gasteiger partial charge in [0.1, 0.15) is 5.76 Å². The molecule has 0 fully saturated rings. The molecule has 0 spiro atoms. The zero-order chi connectivity index (χ0) is 12.0. The quantitative estimate of drug-likeness (QED) is 0.692. The van der Waals surface area contributed by atoms with Crippen molar-refractivity contribution in [3.05, 3.63) is 24.2 Å². The highest BCUT2D eigenvalue weighted by Gasteiger charge is 2.34. The van der Waals surface area contributed by atoms with E-state index in [0.717, 1.165) is 0 Å². The number of carbonyl (C=O) groups excluding carboxylic acids is 1. The number of hydrogen-bond donors (Lipinski definition) is 0. The van der Waals surface area contributed by atoms with Gasteiger partial charge in [-0.2, -0.15) is 0 Å². The summed E-state index contributed by atoms with van der Waals surface area (Å²) in [6.07, 6.45) is 1.37. The Labute approximate surface area is 94.3 Å². The molecule has 0 saturated heterocycles. The van der Waals surface area contributed by atoms with Crippen LogP contribution in [-0.4, -0.2) is 18.7 Å². The molecule has 1 aromatic rings. The van der Waals surface area contributed by atoms with Crippen LogP contribution >= 0.6 is 7.60 Å². The predicted octanol–water partition coefficient (Wildman–Crippen LogP) is 2.61. The fourth-order valence-corrected chi connectivity index (χ4v) is 2.57. The zero-order valence-corrected chi connectivity index (χ0v) is 10.2. The van der Waals surface area contributed by atoms with E-state index in [4.69, 9.17) is 13.5 Å². The van der Waals surface area contributed by atoms with E-state index in [0.29, 0.717) is 5.76 Å². The van der Waals surface area contributed by atoms with Crippen molar-refractivity contribution in [2.45, 2.75) is 20.3 Å². The van der Waals surface area contributed by atoms with E-state index in [2.05, 4.69) is 0 Å². The molecule has 0 aliphatic rings. The minimum absolute atomic E-state index is 0.0791. The highest BCUT2D eigenvalue weighted by Crippen LogP contribution is 2.49.